The second kappa shape index (κ2) is 10.8. The van der Waals surface area contributed by atoms with E-state index in [2.05, 4.69) is 32.1 Å². The van der Waals surface area contributed by atoms with Gasteiger partial charge in [-0.2, -0.15) is 0 Å². The zero-order chi connectivity index (χ0) is 27.6. The third-order valence-corrected chi connectivity index (χ3v) is 6.59. The lowest BCUT2D eigenvalue weighted by molar-refractivity contribution is 0.0687. The zero-order valence-corrected chi connectivity index (χ0v) is 22.5. The lowest BCUT2D eigenvalue weighted by Gasteiger charge is -2.19. The molecule has 0 amide bonds. The minimum Gasteiger partial charge on any atom is -0.382 e. The van der Waals surface area contributed by atoms with Crippen molar-refractivity contribution in [2.45, 2.75) is 32.4 Å². The van der Waals surface area contributed by atoms with Crippen molar-refractivity contribution in [1.29, 1.82) is 0 Å². The van der Waals surface area contributed by atoms with Gasteiger partial charge in [-0.1, -0.05) is 47.7 Å². The topological polar surface area (TPSA) is 70.9 Å². The van der Waals surface area contributed by atoms with Crippen LogP contribution in [0.1, 0.15) is 49.3 Å². The Hall–Kier alpha value is -4.31. The first kappa shape index (κ1) is 26.3. The van der Waals surface area contributed by atoms with Gasteiger partial charge in [0.25, 0.3) is 0 Å². The van der Waals surface area contributed by atoms with E-state index in [1.54, 1.807) is 44.6 Å². The monoisotopic (exact) mass is 536 g/mol. The van der Waals surface area contributed by atoms with Crippen molar-refractivity contribution < 1.29 is 9.50 Å². The predicted molar refractivity (Wildman–Crippen MR) is 154 cm³/mol. The molecule has 0 saturated carbocycles. The van der Waals surface area contributed by atoms with Crippen LogP contribution in [0.2, 0.25) is 5.02 Å². The molecule has 3 aromatic carbocycles. The summed E-state index contributed by atoms with van der Waals surface area (Å²) in [7, 11) is 0. The molecule has 0 bridgehead atoms. The molecule has 2 aromatic heterocycles. The zero-order valence-electron chi connectivity index (χ0n) is 21.7. The number of pyridine rings is 1. The van der Waals surface area contributed by atoms with E-state index in [1.807, 2.05) is 55.5 Å². The number of anilines is 1. The molecule has 0 unspecified atom stereocenters. The van der Waals surface area contributed by atoms with Crippen LogP contribution in [0.25, 0.3) is 22.0 Å². The Labute approximate surface area is 231 Å². The molecule has 2 heterocycles. The number of halogens is 2. The largest absolute Gasteiger partial charge is 0.382 e. The van der Waals surface area contributed by atoms with Gasteiger partial charge in [-0.3, -0.25) is 4.98 Å². The van der Waals surface area contributed by atoms with Gasteiger partial charge in [0, 0.05) is 46.2 Å². The summed E-state index contributed by atoms with van der Waals surface area (Å²) >= 11 is 6.60. The molecule has 0 saturated heterocycles. The summed E-state index contributed by atoms with van der Waals surface area (Å²) in [5.41, 5.74) is 3.95. The van der Waals surface area contributed by atoms with Crippen LogP contribution in [-0.4, -0.2) is 20.1 Å². The first-order chi connectivity index (χ1) is 18.7. The normalized spacial score (nSPS) is 12.1. The van der Waals surface area contributed by atoms with Gasteiger partial charge in [0.15, 0.2) is 5.82 Å². The Kier molecular flexibility index (Phi) is 7.30. The second-order valence-electron chi connectivity index (χ2n) is 9.79. The van der Waals surface area contributed by atoms with Gasteiger partial charge in [-0.25, -0.2) is 14.4 Å². The summed E-state index contributed by atoms with van der Waals surface area (Å²) in [6, 6.07) is 19.9. The van der Waals surface area contributed by atoms with Gasteiger partial charge >= 0.3 is 0 Å². The Morgan fingerprint density at radius 3 is 2.31 bits per heavy atom. The summed E-state index contributed by atoms with van der Waals surface area (Å²) < 4.78 is 14.9. The molecule has 2 N–H and O–H groups in total. The molecule has 0 aliphatic heterocycles. The SMILES string of the molecule is C[C@@H](Nc1c(Cl)cnc2ccc(-c3cnc(C(C)(C)O)nc3)cc12)c1cc(C#Cc2ccccc2)ccc1F. The highest BCUT2D eigenvalue weighted by molar-refractivity contribution is 6.34. The van der Waals surface area contributed by atoms with Gasteiger partial charge in [0.1, 0.15) is 11.4 Å². The van der Waals surface area contributed by atoms with Crippen molar-refractivity contribution in [1.82, 2.24) is 15.0 Å². The number of aliphatic hydroxyl groups is 1. The third-order valence-electron chi connectivity index (χ3n) is 6.30. The second-order valence-corrected chi connectivity index (χ2v) is 10.2. The molecule has 0 radical (unpaired) electrons. The maximum absolute atomic E-state index is 14.9. The molecule has 5 aromatic rings. The van der Waals surface area contributed by atoms with E-state index in [0.717, 1.165) is 27.6 Å². The van der Waals surface area contributed by atoms with Gasteiger partial charge in [0.05, 0.1) is 22.3 Å². The van der Waals surface area contributed by atoms with Crippen LogP contribution < -0.4 is 5.32 Å². The van der Waals surface area contributed by atoms with E-state index in [0.29, 0.717) is 27.7 Å². The van der Waals surface area contributed by atoms with Gasteiger partial charge in [0.2, 0.25) is 0 Å². The number of hydrogen-bond acceptors (Lipinski definition) is 5. The van der Waals surface area contributed by atoms with Crippen LogP contribution in [0.5, 0.6) is 0 Å². The van der Waals surface area contributed by atoms with E-state index in [4.69, 9.17) is 11.6 Å². The average molecular weight is 537 g/mol. The maximum Gasteiger partial charge on any atom is 0.159 e. The number of rotatable bonds is 5. The molecule has 1 atom stereocenters. The summed E-state index contributed by atoms with van der Waals surface area (Å²) in [6.07, 6.45) is 4.93. The van der Waals surface area contributed by atoms with Crippen molar-refractivity contribution in [2.24, 2.45) is 0 Å². The molecule has 7 heteroatoms. The Balaban J connectivity index is 1.47. The number of aromatic nitrogens is 3. The fourth-order valence-electron chi connectivity index (χ4n) is 4.20. The van der Waals surface area contributed by atoms with Crippen molar-refractivity contribution in [3.63, 3.8) is 0 Å². The first-order valence-electron chi connectivity index (χ1n) is 12.5. The smallest absolute Gasteiger partial charge is 0.159 e. The first-order valence-corrected chi connectivity index (χ1v) is 12.8. The molecule has 0 aliphatic carbocycles. The predicted octanol–water partition coefficient (Wildman–Crippen LogP) is 7.28. The summed E-state index contributed by atoms with van der Waals surface area (Å²) in [4.78, 5) is 13.1. The number of nitrogens with zero attached hydrogens (tertiary/aromatic N) is 3. The minimum absolute atomic E-state index is 0.334. The van der Waals surface area contributed by atoms with Crippen molar-refractivity contribution in [2.75, 3.05) is 5.32 Å². The van der Waals surface area contributed by atoms with Crippen LogP contribution in [-0.2, 0) is 5.60 Å². The molecule has 0 spiro atoms. The molecule has 0 aliphatic rings. The van der Waals surface area contributed by atoms with Crippen LogP contribution in [0.3, 0.4) is 0 Å². The highest BCUT2D eigenvalue weighted by atomic mass is 35.5. The Morgan fingerprint density at radius 2 is 1.59 bits per heavy atom. The highest BCUT2D eigenvalue weighted by Gasteiger charge is 2.20. The molecule has 39 heavy (non-hydrogen) atoms. The third kappa shape index (κ3) is 5.91. The summed E-state index contributed by atoms with van der Waals surface area (Å²) in [5, 5.41) is 14.8. The van der Waals surface area contributed by atoms with E-state index < -0.39 is 11.6 Å². The van der Waals surface area contributed by atoms with Crippen molar-refractivity contribution >= 4 is 28.2 Å². The molecular weight excluding hydrogens is 511 g/mol. The van der Waals surface area contributed by atoms with Gasteiger partial charge in [-0.15, -0.1) is 0 Å². The summed E-state index contributed by atoms with van der Waals surface area (Å²) in [6.45, 7) is 5.15. The summed E-state index contributed by atoms with van der Waals surface area (Å²) in [5.74, 6) is 6.24. The molecule has 5 nitrogen and oxygen atoms in total. The van der Waals surface area contributed by atoms with E-state index >= 15 is 0 Å². The van der Waals surface area contributed by atoms with Gasteiger partial charge < -0.3 is 10.4 Å². The van der Waals surface area contributed by atoms with Crippen molar-refractivity contribution in [3.05, 3.63) is 119 Å². The molecular formula is C32H26ClFN4O. The fraction of sp³-hybridized carbons (Fsp3) is 0.156. The Bertz CT molecular complexity index is 1700. The van der Waals surface area contributed by atoms with E-state index in [1.165, 1.54) is 6.07 Å². The van der Waals surface area contributed by atoms with E-state index in [9.17, 15) is 9.50 Å². The van der Waals surface area contributed by atoms with Crippen LogP contribution in [0.15, 0.2) is 85.3 Å². The molecule has 5 rings (SSSR count). The lowest BCUT2D eigenvalue weighted by atomic mass is 10.0. The Morgan fingerprint density at radius 1 is 0.872 bits per heavy atom. The van der Waals surface area contributed by atoms with Crippen LogP contribution in [0.4, 0.5) is 10.1 Å². The van der Waals surface area contributed by atoms with E-state index in [-0.39, 0.29) is 5.82 Å². The van der Waals surface area contributed by atoms with Crippen LogP contribution in [0, 0.1) is 17.7 Å². The quantitative estimate of drug-likeness (QED) is 0.231. The van der Waals surface area contributed by atoms with Crippen molar-refractivity contribution in [3.8, 4) is 23.0 Å². The molecule has 194 valence electrons. The standard InChI is InChI=1S/C32H26ClFN4O/c1-20(25-15-22(11-13-28(25)34)10-9-21-7-5-4-6-8-21)38-30-26-16-23(12-14-29(26)35-19-27(30)33)24-17-36-31(37-18-24)32(2,3)39/h4-8,11-20,39H,1-3H3,(H,35,38)/t20-/m1/s1. The molecule has 0 fully saturated rings. The maximum atomic E-state index is 14.9. The number of benzene rings is 3. The number of fused-ring (bicyclic) bond motifs is 1. The minimum atomic E-state index is -1.13. The highest BCUT2D eigenvalue weighted by Crippen LogP contribution is 2.35. The van der Waals surface area contributed by atoms with Gasteiger partial charge in [-0.05, 0) is 68.8 Å². The van der Waals surface area contributed by atoms with Crippen LogP contribution >= 0.6 is 11.6 Å². The lowest BCUT2D eigenvalue weighted by Crippen LogP contribution is -2.19. The number of hydrogen-bond donors (Lipinski definition) is 2. The number of nitrogens with one attached hydrogen (secondary N) is 1. The fourth-order valence-corrected chi connectivity index (χ4v) is 4.41. The average Bonchev–Trinajstić information content (AvgIpc) is 2.94.